The van der Waals surface area contributed by atoms with Gasteiger partial charge in [0.2, 0.25) is 15.9 Å². The lowest BCUT2D eigenvalue weighted by Gasteiger charge is -2.34. The lowest BCUT2D eigenvalue weighted by Crippen LogP contribution is -2.50. The van der Waals surface area contributed by atoms with Crippen LogP contribution in [0.4, 0.5) is 10.5 Å². The van der Waals surface area contributed by atoms with Gasteiger partial charge in [0.15, 0.2) is 0 Å². The lowest BCUT2D eigenvalue weighted by molar-refractivity contribution is -0.384. The van der Waals surface area contributed by atoms with Crippen LogP contribution in [0, 0.1) is 10.1 Å². The van der Waals surface area contributed by atoms with E-state index in [1.807, 2.05) is 0 Å². The third-order valence-electron chi connectivity index (χ3n) is 6.83. The number of nitro groups is 1. The Bertz CT molecular complexity index is 1350. The first-order valence-corrected chi connectivity index (χ1v) is 14.9. The number of morpholine rings is 1. The molecule has 1 N–H and O–H groups in total. The molecule has 2 aromatic carbocycles. The predicted molar refractivity (Wildman–Crippen MR) is 148 cm³/mol. The molecule has 1 atom stereocenters. The van der Waals surface area contributed by atoms with Crippen molar-refractivity contribution in [1.29, 1.82) is 0 Å². The van der Waals surface area contributed by atoms with E-state index in [4.69, 9.17) is 27.9 Å². The van der Waals surface area contributed by atoms with E-state index >= 15 is 0 Å². The Morgan fingerprint density at radius 1 is 1.05 bits per heavy atom. The molecule has 2 aromatic rings. The van der Waals surface area contributed by atoms with Crippen molar-refractivity contribution in [3.63, 3.8) is 0 Å². The molecule has 0 spiro atoms. The smallest absolute Gasteiger partial charge is 0.317 e. The highest BCUT2D eigenvalue weighted by Crippen LogP contribution is 2.26. The van der Waals surface area contributed by atoms with E-state index < -0.39 is 21.1 Å². The lowest BCUT2D eigenvalue weighted by atomic mass is 10.1. The average molecular weight is 615 g/mol. The van der Waals surface area contributed by atoms with E-state index in [-0.39, 0.29) is 67.7 Å². The monoisotopic (exact) mass is 613 g/mol. The van der Waals surface area contributed by atoms with Gasteiger partial charge in [-0.15, -0.1) is 11.6 Å². The molecule has 12 nitrogen and oxygen atoms in total. The number of rotatable bonds is 8. The molecule has 0 saturated carbocycles. The minimum atomic E-state index is -3.81. The van der Waals surface area contributed by atoms with Crippen molar-refractivity contribution in [2.45, 2.75) is 24.0 Å². The summed E-state index contributed by atoms with van der Waals surface area (Å²) < 4.78 is 33.8. The van der Waals surface area contributed by atoms with E-state index in [0.717, 1.165) is 5.56 Å². The molecule has 0 aliphatic carbocycles. The van der Waals surface area contributed by atoms with Gasteiger partial charge in [0, 0.05) is 69.4 Å². The van der Waals surface area contributed by atoms with Crippen LogP contribution in [0.5, 0.6) is 0 Å². The summed E-state index contributed by atoms with van der Waals surface area (Å²) in [6.07, 6.45) is -0.105. The first-order chi connectivity index (χ1) is 19.1. The number of benzene rings is 2. The molecule has 0 radical (unpaired) electrons. The van der Waals surface area contributed by atoms with Gasteiger partial charge in [-0.05, 0) is 29.3 Å². The van der Waals surface area contributed by atoms with Crippen molar-refractivity contribution in [2.75, 3.05) is 51.8 Å². The van der Waals surface area contributed by atoms with Crippen LogP contribution in [-0.2, 0) is 32.5 Å². The van der Waals surface area contributed by atoms with E-state index in [9.17, 15) is 28.1 Å². The molecular weight excluding hydrogens is 585 g/mol. The fraction of sp³-hybridized carbons (Fsp3) is 0.440. The van der Waals surface area contributed by atoms with Gasteiger partial charge in [0.25, 0.3) is 5.69 Å². The van der Waals surface area contributed by atoms with Gasteiger partial charge in [-0.25, -0.2) is 13.2 Å². The largest absolute Gasteiger partial charge is 0.374 e. The summed E-state index contributed by atoms with van der Waals surface area (Å²) in [5, 5.41) is 14.0. The minimum absolute atomic E-state index is 0.0250. The molecule has 2 aliphatic heterocycles. The molecule has 2 fully saturated rings. The molecule has 2 heterocycles. The third-order valence-corrected chi connectivity index (χ3v) is 9.32. The van der Waals surface area contributed by atoms with E-state index in [0.29, 0.717) is 30.2 Å². The number of alkyl halides is 1. The average Bonchev–Trinajstić information content (AvgIpc) is 2.97. The molecule has 2 aliphatic rings. The maximum Gasteiger partial charge on any atom is 0.317 e. The van der Waals surface area contributed by atoms with Crippen LogP contribution < -0.4 is 5.32 Å². The number of piperazine rings is 1. The predicted octanol–water partition coefficient (Wildman–Crippen LogP) is 2.47. The van der Waals surface area contributed by atoms with Crippen LogP contribution in [0.3, 0.4) is 0 Å². The minimum Gasteiger partial charge on any atom is -0.374 e. The summed E-state index contributed by atoms with van der Waals surface area (Å²) in [7, 11) is -3.81. The molecule has 2 saturated heterocycles. The Morgan fingerprint density at radius 3 is 2.40 bits per heavy atom. The summed E-state index contributed by atoms with van der Waals surface area (Å²) in [4.78, 5) is 38.1. The summed E-state index contributed by atoms with van der Waals surface area (Å²) in [5.41, 5.74) is 1.28. The molecule has 15 heteroatoms. The van der Waals surface area contributed by atoms with Crippen LogP contribution in [0.25, 0.3) is 0 Å². The number of hydrogen-bond donors (Lipinski definition) is 1. The number of carbonyl (C=O) groups is 2. The fourth-order valence-electron chi connectivity index (χ4n) is 4.58. The Labute approximate surface area is 242 Å². The van der Waals surface area contributed by atoms with Crippen LogP contribution in [0.1, 0.15) is 11.1 Å². The maximum absolute atomic E-state index is 13.3. The van der Waals surface area contributed by atoms with Gasteiger partial charge in [0.1, 0.15) is 5.88 Å². The number of nitro benzene ring substituents is 1. The number of ether oxygens (including phenoxy) is 1. The van der Waals surface area contributed by atoms with Crippen molar-refractivity contribution in [1.82, 2.24) is 19.4 Å². The zero-order valence-corrected chi connectivity index (χ0v) is 23.8. The van der Waals surface area contributed by atoms with Gasteiger partial charge in [-0.2, -0.15) is 4.31 Å². The topological polar surface area (TPSA) is 142 Å². The van der Waals surface area contributed by atoms with Crippen LogP contribution in [-0.4, -0.2) is 97.2 Å². The van der Waals surface area contributed by atoms with Crippen LogP contribution >= 0.6 is 23.2 Å². The fourth-order valence-corrected chi connectivity index (χ4v) is 6.41. The molecule has 4 rings (SSSR count). The second-order valence-corrected chi connectivity index (χ2v) is 12.0. The Balaban J connectivity index is 1.36. The quantitative estimate of drug-likeness (QED) is 0.274. The number of non-ortho nitro benzene ring substituents is 1. The third kappa shape index (κ3) is 7.21. The van der Waals surface area contributed by atoms with Crippen molar-refractivity contribution < 1.29 is 27.7 Å². The molecule has 216 valence electrons. The number of halogens is 2. The summed E-state index contributed by atoms with van der Waals surface area (Å²) in [6, 6.07) is 10.2. The number of hydrogen-bond acceptors (Lipinski definition) is 7. The molecule has 0 unspecified atom stereocenters. The number of urea groups is 1. The Kier molecular flexibility index (Phi) is 9.85. The SMILES string of the molecule is O=C(CCl)N1CCN(S(=O)(=O)c2ccc(Cl)c(C[C@@H]3CN(C(=O)NCc4ccc([N+](=O)[O-])cc4)CCO3)c2)CC1. The van der Waals surface area contributed by atoms with E-state index in [1.165, 1.54) is 34.6 Å². The molecule has 3 amide bonds. The Hall–Kier alpha value is -2.97. The zero-order valence-electron chi connectivity index (χ0n) is 21.5. The second-order valence-electron chi connectivity index (χ2n) is 9.40. The number of sulfonamides is 1. The van der Waals surface area contributed by atoms with Crippen molar-refractivity contribution >= 4 is 50.9 Å². The van der Waals surface area contributed by atoms with Gasteiger partial charge in [-0.1, -0.05) is 23.7 Å². The van der Waals surface area contributed by atoms with E-state index in [1.54, 1.807) is 21.9 Å². The summed E-state index contributed by atoms with van der Waals surface area (Å²) in [6.45, 7) is 2.03. The van der Waals surface area contributed by atoms with Gasteiger partial charge in [-0.3, -0.25) is 14.9 Å². The van der Waals surface area contributed by atoms with Crippen molar-refractivity contribution in [3.05, 3.63) is 68.7 Å². The van der Waals surface area contributed by atoms with Gasteiger partial charge in [0.05, 0.1) is 22.5 Å². The Morgan fingerprint density at radius 2 is 1.75 bits per heavy atom. The van der Waals surface area contributed by atoms with Crippen LogP contribution in [0.2, 0.25) is 5.02 Å². The molecular formula is C25H29Cl2N5O7S. The second kappa shape index (κ2) is 13.1. The van der Waals surface area contributed by atoms with Crippen molar-refractivity contribution in [3.8, 4) is 0 Å². The highest BCUT2D eigenvalue weighted by molar-refractivity contribution is 7.89. The van der Waals surface area contributed by atoms with Gasteiger partial charge < -0.3 is 19.9 Å². The number of carbonyl (C=O) groups excluding carboxylic acids is 2. The first kappa shape index (κ1) is 30.0. The van der Waals surface area contributed by atoms with Crippen LogP contribution in [0.15, 0.2) is 47.4 Å². The number of nitrogens with zero attached hydrogens (tertiary/aromatic N) is 4. The number of amides is 3. The summed E-state index contributed by atoms with van der Waals surface area (Å²) >= 11 is 12.0. The zero-order chi connectivity index (χ0) is 28.9. The standard InChI is InChI=1S/C25H29Cl2N5O7S/c26-15-24(33)29-7-9-31(10-8-29)40(37,38)22-5-6-23(27)19(14-22)13-21-17-30(11-12-39-21)25(34)28-16-18-1-3-20(4-2-18)32(35)36/h1-6,14,21H,7-13,15-17H2,(H,28,34)/t21-/m1/s1. The summed E-state index contributed by atoms with van der Waals surface area (Å²) in [5.74, 6) is -0.371. The van der Waals surface area contributed by atoms with E-state index in [2.05, 4.69) is 5.32 Å². The van der Waals surface area contributed by atoms with Gasteiger partial charge >= 0.3 is 6.03 Å². The highest BCUT2D eigenvalue weighted by atomic mass is 35.5. The maximum atomic E-state index is 13.3. The number of nitrogens with one attached hydrogen (secondary N) is 1. The van der Waals surface area contributed by atoms with Crippen molar-refractivity contribution in [2.24, 2.45) is 0 Å². The normalized spacial score (nSPS) is 18.4. The first-order valence-electron chi connectivity index (χ1n) is 12.6. The highest BCUT2D eigenvalue weighted by Gasteiger charge is 2.31. The molecule has 40 heavy (non-hydrogen) atoms. The molecule has 0 aromatic heterocycles. The molecule has 0 bridgehead atoms.